The molecule has 158 valence electrons. The second kappa shape index (κ2) is 8.63. The number of rotatable bonds is 4. The van der Waals surface area contributed by atoms with Gasteiger partial charge in [-0.2, -0.15) is 11.8 Å². The number of carbonyl (C=O) groups is 2. The minimum absolute atomic E-state index is 0.0418. The zero-order chi connectivity index (χ0) is 21.3. The lowest BCUT2D eigenvalue weighted by atomic mass is 9.95. The predicted octanol–water partition coefficient (Wildman–Crippen LogP) is 2.46. The number of fused-ring (bicyclic) bond motifs is 1. The molecule has 1 saturated heterocycles. The maximum Gasteiger partial charge on any atom is 0.268 e. The summed E-state index contributed by atoms with van der Waals surface area (Å²) in [6.45, 7) is 2.15. The van der Waals surface area contributed by atoms with Crippen molar-refractivity contribution in [3.05, 3.63) is 63.3 Å². The fourth-order valence-corrected chi connectivity index (χ4v) is 4.61. The average Bonchev–Trinajstić information content (AvgIpc) is 3.28. The van der Waals surface area contributed by atoms with Crippen molar-refractivity contribution in [1.29, 1.82) is 0 Å². The molecule has 0 N–H and O–H groups in total. The molecular weight excluding hydrogens is 405 g/mol. The van der Waals surface area contributed by atoms with Crippen molar-refractivity contribution in [1.82, 2.24) is 14.4 Å². The number of hydrogen-bond donors (Lipinski definition) is 0. The number of nitrogens with zero attached hydrogens (tertiary/aromatic N) is 3. The van der Waals surface area contributed by atoms with Crippen molar-refractivity contribution < 1.29 is 14.0 Å². The molecule has 1 aromatic carbocycles. The third-order valence-corrected chi connectivity index (χ3v) is 6.27. The largest absolute Gasteiger partial charge is 0.338 e. The summed E-state index contributed by atoms with van der Waals surface area (Å²) in [6.07, 6.45) is 5.93. The highest BCUT2D eigenvalue weighted by molar-refractivity contribution is 7.99. The van der Waals surface area contributed by atoms with Gasteiger partial charge in [0.25, 0.3) is 11.5 Å². The van der Waals surface area contributed by atoms with Crippen LogP contribution in [0.1, 0.15) is 34.3 Å². The molecule has 0 bridgehead atoms. The van der Waals surface area contributed by atoms with E-state index in [-0.39, 0.29) is 22.9 Å². The van der Waals surface area contributed by atoms with Crippen LogP contribution in [0.2, 0.25) is 0 Å². The Bertz CT molecular complexity index is 1030. The second-order valence-electron chi connectivity index (χ2n) is 7.66. The van der Waals surface area contributed by atoms with Crippen molar-refractivity contribution in [3.8, 4) is 5.69 Å². The number of likely N-dealkylation sites (tertiary alicyclic amines) is 1. The lowest BCUT2D eigenvalue weighted by Gasteiger charge is -2.31. The third-order valence-electron chi connectivity index (χ3n) is 5.73. The quantitative estimate of drug-likeness (QED) is 0.749. The fourth-order valence-electron chi connectivity index (χ4n) is 4.18. The van der Waals surface area contributed by atoms with Gasteiger partial charge in [0.15, 0.2) is 0 Å². The summed E-state index contributed by atoms with van der Waals surface area (Å²) < 4.78 is 14.8. The molecule has 4 rings (SSSR count). The van der Waals surface area contributed by atoms with Gasteiger partial charge in [0.2, 0.25) is 5.91 Å². The summed E-state index contributed by atoms with van der Waals surface area (Å²) in [5.74, 6) is -0.201. The molecule has 0 saturated carbocycles. The van der Waals surface area contributed by atoms with Crippen LogP contribution in [0.25, 0.3) is 5.69 Å². The number of halogens is 1. The number of benzene rings is 1. The fraction of sp³-hybridized carbons (Fsp3) is 0.409. The summed E-state index contributed by atoms with van der Waals surface area (Å²) >= 11 is 1.47. The van der Waals surface area contributed by atoms with Crippen LogP contribution in [0.4, 0.5) is 4.39 Å². The zero-order valence-corrected chi connectivity index (χ0v) is 17.7. The van der Waals surface area contributed by atoms with Crippen LogP contribution >= 0.6 is 11.8 Å². The number of thioether (sulfide) groups is 1. The molecular formula is C22H24FN3O3S. The molecule has 2 amide bonds. The van der Waals surface area contributed by atoms with E-state index in [9.17, 15) is 18.8 Å². The Balaban J connectivity index is 1.82. The van der Waals surface area contributed by atoms with Gasteiger partial charge in [0.05, 0.1) is 5.75 Å². The average molecular weight is 430 g/mol. The van der Waals surface area contributed by atoms with Crippen molar-refractivity contribution in [2.75, 3.05) is 31.6 Å². The highest BCUT2D eigenvalue weighted by Crippen LogP contribution is 2.24. The van der Waals surface area contributed by atoms with E-state index in [1.54, 1.807) is 16.0 Å². The van der Waals surface area contributed by atoms with Crippen LogP contribution in [-0.2, 0) is 17.8 Å². The lowest BCUT2D eigenvalue weighted by molar-refractivity contribution is -0.129. The molecule has 2 aliphatic heterocycles. The van der Waals surface area contributed by atoms with E-state index in [1.165, 1.54) is 40.6 Å². The summed E-state index contributed by atoms with van der Waals surface area (Å²) in [7, 11) is 0. The first-order chi connectivity index (χ1) is 14.5. The number of hydrogen-bond acceptors (Lipinski definition) is 4. The number of pyridine rings is 1. The normalized spacial score (nSPS) is 15.9. The van der Waals surface area contributed by atoms with E-state index in [1.807, 2.05) is 6.26 Å². The molecule has 2 aliphatic rings. The van der Waals surface area contributed by atoms with Gasteiger partial charge in [-0.1, -0.05) is 0 Å². The highest BCUT2D eigenvalue weighted by Gasteiger charge is 2.31. The number of aromatic nitrogens is 1. The van der Waals surface area contributed by atoms with E-state index >= 15 is 0 Å². The first kappa shape index (κ1) is 20.7. The van der Waals surface area contributed by atoms with E-state index in [4.69, 9.17) is 0 Å². The first-order valence-electron chi connectivity index (χ1n) is 10.1. The third kappa shape index (κ3) is 3.88. The molecule has 2 aromatic rings. The van der Waals surface area contributed by atoms with Crippen molar-refractivity contribution in [3.63, 3.8) is 0 Å². The molecule has 0 unspecified atom stereocenters. The summed E-state index contributed by atoms with van der Waals surface area (Å²) in [5, 5.41) is 0. The van der Waals surface area contributed by atoms with Gasteiger partial charge in [0, 0.05) is 38.1 Å². The van der Waals surface area contributed by atoms with Gasteiger partial charge in [-0.15, -0.1) is 0 Å². The van der Waals surface area contributed by atoms with Crippen LogP contribution in [-0.4, -0.2) is 57.8 Å². The molecule has 3 heterocycles. The van der Waals surface area contributed by atoms with Crippen molar-refractivity contribution in [2.24, 2.45) is 0 Å². The number of amides is 2. The monoisotopic (exact) mass is 429 g/mol. The summed E-state index contributed by atoms with van der Waals surface area (Å²) in [4.78, 5) is 42.6. The molecule has 30 heavy (non-hydrogen) atoms. The van der Waals surface area contributed by atoms with Crippen molar-refractivity contribution >= 4 is 23.6 Å². The molecule has 8 heteroatoms. The molecule has 1 aromatic heterocycles. The minimum atomic E-state index is -0.396. The molecule has 0 atom stereocenters. The van der Waals surface area contributed by atoms with E-state index in [0.29, 0.717) is 44.0 Å². The van der Waals surface area contributed by atoms with E-state index < -0.39 is 5.82 Å². The Hall–Kier alpha value is -2.61. The number of carbonyl (C=O) groups excluding carboxylic acids is 2. The van der Waals surface area contributed by atoms with Crippen LogP contribution in [0.15, 0.2) is 35.3 Å². The van der Waals surface area contributed by atoms with Crippen LogP contribution in [0, 0.1) is 5.82 Å². The Kier molecular flexibility index (Phi) is 5.94. The second-order valence-corrected chi connectivity index (χ2v) is 8.52. The van der Waals surface area contributed by atoms with Crippen LogP contribution in [0.5, 0.6) is 0 Å². The lowest BCUT2D eigenvalue weighted by Crippen LogP contribution is -2.42. The van der Waals surface area contributed by atoms with Gasteiger partial charge in [-0.25, -0.2) is 4.39 Å². The van der Waals surface area contributed by atoms with E-state index in [0.717, 1.165) is 24.0 Å². The minimum Gasteiger partial charge on any atom is -0.338 e. The molecule has 0 aliphatic carbocycles. The van der Waals surface area contributed by atoms with Crippen molar-refractivity contribution in [2.45, 2.75) is 25.8 Å². The smallest absolute Gasteiger partial charge is 0.268 e. The maximum atomic E-state index is 13.4. The molecule has 0 radical (unpaired) electrons. The van der Waals surface area contributed by atoms with Gasteiger partial charge in [0.1, 0.15) is 11.4 Å². The Morgan fingerprint density at radius 1 is 1.07 bits per heavy atom. The molecule has 1 fully saturated rings. The van der Waals surface area contributed by atoms with Gasteiger partial charge >= 0.3 is 0 Å². The topological polar surface area (TPSA) is 62.6 Å². The standard InChI is InChI=1S/C22H24FN3O3S/c1-30-14-19(27)25-11-8-18-15(12-25)13-26(17-6-4-16(23)5-7-17)22(29)20(18)21(28)24-9-2-3-10-24/h4-7,13H,2-3,8-12,14H2,1H3. The highest BCUT2D eigenvalue weighted by atomic mass is 32.2. The zero-order valence-electron chi connectivity index (χ0n) is 16.9. The molecule has 0 spiro atoms. The SMILES string of the molecule is CSCC(=O)N1CCc2c(cn(-c3ccc(F)cc3)c(=O)c2C(=O)N2CCCC2)C1. The van der Waals surface area contributed by atoms with Gasteiger partial charge in [-0.3, -0.25) is 19.0 Å². The van der Waals surface area contributed by atoms with Crippen LogP contribution < -0.4 is 5.56 Å². The maximum absolute atomic E-state index is 13.4. The van der Waals surface area contributed by atoms with Crippen LogP contribution in [0.3, 0.4) is 0 Å². The van der Waals surface area contributed by atoms with Gasteiger partial charge in [-0.05, 0) is 60.9 Å². The van der Waals surface area contributed by atoms with Gasteiger partial charge < -0.3 is 9.80 Å². The predicted molar refractivity (Wildman–Crippen MR) is 115 cm³/mol. The Morgan fingerprint density at radius 2 is 1.77 bits per heavy atom. The summed E-state index contributed by atoms with van der Waals surface area (Å²) in [6, 6.07) is 5.62. The molecule has 6 nitrogen and oxygen atoms in total. The van der Waals surface area contributed by atoms with E-state index in [2.05, 4.69) is 0 Å². The summed E-state index contributed by atoms with van der Waals surface area (Å²) in [5.41, 5.74) is 1.83. The first-order valence-corrected chi connectivity index (χ1v) is 11.5. The Morgan fingerprint density at radius 3 is 2.43 bits per heavy atom. The Labute approximate surface area is 178 Å².